The van der Waals surface area contributed by atoms with Crippen LogP contribution in [0.2, 0.25) is 0 Å². The molecule has 2 aliphatic heterocycles. The highest BCUT2D eigenvalue weighted by Gasteiger charge is 2.31. The lowest BCUT2D eigenvalue weighted by molar-refractivity contribution is 0.0930. The number of piperidine rings is 1. The summed E-state index contributed by atoms with van der Waals surface area (Å²) in [7, 11) is -3.63. The molecule has 3 heterocycles. The number of likely N-dealkylation sites (tertiary alicyclic amines) is 1. The fraction of sp³-hybridized carbons (Fsp3) is 0.722. The van der Waals surface area contributed by atoms with Crippen LogP contribution < -0.4 is 4.72 Å². The van der Waals surface area contributed by atoms with Crippen molar-refractivity contribution in [2.24, 2.45) is 0 Å². The molecule has 28 heavy (non-hydrogen) atoms. The zero-order valence-corrected chi connectivity index (χ0v) is 17.2. The van der Waals surface area contributed by atoms with Gasteiger partial charge in [0.1, 0.15) is 5.76 Å². The van der Waals surface area contributed by atoms with Crippen molar-refractivity contribution in [1.82, 2.24) is 18.8 Å². The van der Waals surface area contributed by atoms with E-state index in [4.69, 9.17) is 9.15 Å². The molecule has 1 unspecified atom stereocenters. The molecule has 1 amide bonds. The molecule has 1 aromatic rings. The Labute approximate surface area is 166 Å². The van der Waals surface area contributed by atoms with Crippen LogP contribution in [0.1, 0.15) is 38.0 Å². The molecule has 10 heteroatoms. The lowest BCUT2D eigenvalue weighted by atomic mass is 10.1. The first-order valence-electron chi connectivity index (χ1n) is 9.95. The molecule has 0 radical (unpaired) electrons. The SMILES string of the molecule is CCOC(=O)N1CCN(S(=O)(=O)NCC(c2ccco2)N2CCCCC2)CC1. The number of nitrogens with one attached hydrogen (secondary N) is 1. The fourth-order valence-electron chi connectivity index (χ4n) is 3.72. The van der Waals surface area contributed by atoms with E-state index in [1.54, 1.807) is 13.2 Å². The summed E-state index contributed by atoms with van der Waals surface area (Å²) < 4.78 is 40.2. The number of amides is 1. The smallest absolute Gasteiger partial charge is 0.409 e. The minimum atomic E-state index is -3.63. The standard InChI is InChI=1S/C18H30N4O5S/c1-2-26-18(23)21-10-12-22(13-11-21)28(24,25)19-15-16(17-7-6-14-27-17)20-8-4-3-5-9-20/h6-7,14,16,19H,2-5,8-13,15H2,1H3. The van der Waals surface area contributed by atoms with Crippen LogP contribution in [0.5, 0.6) is 0 Å². The summed E-state index contributed by atoms with van der Waals surface area (Å²) in [5.41, 5.74) is 0. The molecule has 0 aromatic carbocycles. The quantitative estimate of drug-likeness (QED) is 0.725. The van der Waals surface area contributed by atoms with E-state index >= 15 is 0 Å². The van der Waals surface area contributed by atoms with E-state index in [0.29, 0.717) is 19.7 Å². The fourth-order valence-corrected chi connectivity index (χ4v) is 4.92. The summed E-state index contributed by atoms with van der Waals surface area (Å²) >= 11 is 0. The van der Waals surface area contributed by atoms with E-state index in [1.807, 2.05) is 12.1 Å². The van der Waals surface area contributed by atoms with Gasteiger partial charge in [-0.3, -0.25) is 4.90 Å². The average Bonchev–Trinajstić information content (AvgIpc) is 3.24. The molecule has 3 rings (SSSR count). The number of rotatable bonds is 7. The van der Waals surface area contributed by atoms with Gasteiger partial charge in [-0.2, -0.15) is 12.7 Å². The van der Waals surface area contributed by atoms with Crippen molar-refractivity contribution in [2.45, 2.75) is 32.2 Å². The summed E-state index contributed by atoms with van der Waals surface area (Å²) in [5, 5.41) is 0. The van der Waals surface area contributed by atoms with E-state index in [9.17, 15) is 13.2 Å². The molecule has 2 fully saturated rings. The first-order valence-corrected chi connectivity index (χ1v) is 11.4. The van der Waals surface area contributed by atoms with E-state index in [-0.39, 0.29) is 25.7 Å². The van der Waals surface area contributed by atoms with Crippen molar-refractivity contribution >= 4 is 16.3 Å². The number of piperazine rings is 1. The van der Waals surface area contributed by atoms with Gasteiger partial charge < -0.3 is 14.1 Å². The van der Waals surface area contributed by atoms with Crippen molar-refractivity contribution in [3.05, 3.63) is 24.2 Å². The molecule has 1 N–H and O–H groups in total. The van der Waals surface area contributed by atoms with Crippen molar-refractivity contribution in [1.29, 1.82) is 0 Å². The lowest BCUT2D eigenvalue weighted by Crippen LogP contribution is -2.54. The number of hydrogen-bond acceptors (Lipinski definition) is 6. The minimum Gasteiger partial charge on any atom is -0.468 e. The van der Waals surface area contributed by atoms with Gasteiger partial charge in [-0.05, 0) is 45.0 Å². The predicted molar refractivity (Wildman–Crippen MR) is 104 cm³/mol. The van der Waals surface area contributed by atoms with E-state index in [1.165, 1.54) is 15.6 Å². The van der Waals surface area contributed by atoms with Crippen molar-refractivity contribution in [2.75, 3.05) is 52.4 Å². The number of carbonyl (C=O) groups is 1. The van der Waals surface area contributed by atoms with Crippen LogP contribution >= 0.6 is 0 Å². The van der Waals surface area contributed by atoms with Crippen LogP contribution in [0, 0.1) is 0 Å². The Morgan fingerprint density at radius 1 is 1.18 bits per heavy atom. The molecule has 2 aliphatic rings. The Kier molecular flexibility index (Phi) is 7.33. The second-order valence-electron chi connectivity index (χ2n) is 7.07. The van der Waals surface area contributed by atoms with Crippen LogP contribution in [0.4, 0.5) is 4.79 Å². The molecule has 0 aliphatic carbocycles. The molecule has 9 nitrogen and oxygen atoms in total. The van der Waals surface area contributed by atoms with Crippen LogP contribution in [0.25, 0.3) is 0 Å². The van der Waals surface area contributed by atoms with Gasteiger partial charge in [0.25, 0.3) is 10.2 Å². The monoisotopic (exact) mass is 414 g/mol. The van der Waals surface area contributed by atoms with Gasteiger partial charge in [0.15, 0.2) is 0 Å². The molecular weight excluding hydrogens is 384 g/mol. The zero-order valence-electron chi connectivity index (χ0n) is 16.4. The molecule has 2 saturated heterocycles. The molecule has 158 valence electrons. The Morgan fingerprint density at radius 3 is 2.50 bits per heavy atom. The molecule has 1 atom stereocenters. The maximum atomic E-state index is 12.8. The maximum Gasteiger partial charge on any atom is 0.409 e. The zero-order chi connectivity index (χ0) is 20.0. The molecule has 0 bridgehead atoms. The van der Waals surface area contributed by atoms with Gasteiger partial charge in [0.05, 0.1) is 18.9 Å². The number of hydrogen-bond donors (Lipinski definition) is 1. The minimum absolute atomic E-state index is 0.120. The predicted octanol–water partition coefficient (Wildman–Crippen LogP) is 1.42. The average molecular weight is 415 g/mol. The second kappa shape index (κ2) is 9.73. The first-order chi connectivity index (χ1) is 13.5. The molecular formula is C18H30N4O5S. The van der Waals surface area contributed by atoms with Gasteiger partial charge in [-0.15, -0.1) is 0 Å². The van der Waals surface area contributed by atoms with Gasteiger partial charge in [-0.1, -0.05) is 6.42 Å². The Bertz CT molecular complexity index is 710. The molecule has 1 aromatic heterocycles. The third-order valence-corrected chi connectivity index (χ3v) is 6.84. The van der Waals surface area contributed by atoms with E-state index in [0.717, 1.165) is 31.7 Å². The van der Waals surface area contributed by atoms with Crippen LogP contribution in [-0.2, 0) is 14.9 Å². The van der Waals surface area contributed by atoms with Crippen molar-refractivity contribution < 1.29 is 22.4 Å². The van der Waals surface area contributed by atoms with Gasteiger partial charge in [0, 0.05) is 32.7 Å². The van der Waals surface area contributed by atoms with E-state index in [2.05, 4.69) is 9.62 Å². The van der Waals surface area contributed by atoms with Gasteiger partial charge >= 0.3 is 6.09 Å². The summed E-state index contributed by atoms with van der Waals surface area (Å²) in [4.78, 5) is 15.6. The third-order valence-electron chi connectivity index (χ3n) is 5.27. The number of ether oxygens (including phenoxy) is 1. The highest BCUT2D eigenvalue weighted by molar-refractivity contribution is 7.87. The summed E-state index contributed by atoms with van der Waals surface area (Å²) in [6.07, 6.45) is 4.66. The summed E-state index contributed by atoms with van der Waals surface area (Å²) in [6.45, 7) is 5.35. The van der Waals surface area contributed by atoms with Gasteiger partial charge in [-0.25, -0.2) is 9.52 Å². The van der Waals surface area contributed by atoms with Crippen LogP contribution in [0.15, 0.2) is 22.8 Å². The molecule has 0 spiro atoms. The highest BCUT2D eigenvalue weighted by Crippen LogP contribution is 2.25. The number of furan rings is 1. The maximum absolute atomic E-state index is 12.8. The summed E-state index contributed by atoms with van der Waals surface area (Å²) in [5.74, 6) is 0.775. The highest BCUT2D eigenvalue weighted by atomic mass is 32.2. The van der Waals surface area contributed by atoms with Gasteiger partial charge in [0.2, 0.25) is 0 Å². The summed E-state index contributed by atoms with van der Waals surface area (Å²) in [6, 6.07) is 3.60. The Balaban J connectivity index is 1.57. The van der Waals surface area contributed by atoms with Crippen molar-refractivity contribution in [3.8, 4) is 0 Å². The molecule has 0 saturated carbocycles. The van der Waals surface area contributed by atoms with Crippen molar-refractivity contribution in [3.63, 3.8) is 0 Å². The van der Waals surface area contributed by atoms with E-state index < -0.39 is 16.3 Å². The second-order valence-corrected chi connectivity index (χ2v) is 8.82. The third kappa shape index (κ3) is 5.25. The number of nitrogens with zero attached hydrogens (tertiary/aromatic N) is 3. The normalized spacial score (nSPS) is 20.8. The first kappa shape index (κ1) is 21.1. The largest absolute Gasteiger partial charge is 0.468 e. The number of carbonyl (C=O) groups excluding carboxylic acids is 1. The lowest BCUT2D eigenvalue weighted by Gasteiger charge is -2.35. The Hall–Kier alpha value is -1.62. The Morgan fingerprint density at radius 2 is 1.89 bits per heavy atom. The van der Waals surface area contributed by atoms with Crippen LogP contribution in [-0.4, -0.2) is 81.0 Å². The van der Waals surface area contributed by atoms with Crippen LogP contribution in [0.3, 0.4) is 0 Å². The topological polar surface area (TPSA) is 95.3 Å².